The van der Waals surface area contributed by atoms with Crippen molar-refractivity contribution in [2.24, 2.45) is 0 Å². The molecular weight excluding hydrogens is 540 g/mol. The van der Waals surface area contributed by atoms with E-state index in [1.807, 2.05) is 27.7 Å². The van der Waals surface area contributed by atoms with Gasteiger partial charge in [0.1, 0.15) is 17.2 Å². The molecule has 2 rings (SSSR count). The van der Waals surface area contributed by atoms with Gasteiger partial charge in [0.2, 0.25) is 0 Å². The number of alkyl halides is 6. The van der Waals surface area contributed by atoms with Crippen LogP contribution in [0.5, 0.6) is 17.2 Å². The monoisotopic (exact) mass is 574 g/mol. The number of ether oxygens (including phenoxy) is 3. The zero-order valence-corrected chi connectivity index (χ0v) is 24.1. The van der Waals surface area contributed by atoms with Gasteiger partial charge in [0.15, 0.2) is 5.52 Å². The second-order valence-corrected chi connectivity index (χ2v) is 10.2. The molecule has 2 aromatic rings. The average Bonchev–Trinajstić information content (AvgIpc) is 2.83. The third-order valence-electron chi connectivity index (χ3n) is 5.90. The van der Waals surface area contributed by atoms with Gasteiger partial charge in [-0.2, -0.15) is 26.3 Å². The standard InChI is InChI=1S/C27H33F6O4P.Li.H/c1-7-15(4)35-18-13-21(36-16(5)8-2)24(22(14-18)37-17(6)9-3)38-25(34)23-19(26(28,29)30)11-10-12-20(23)27(31,32)33;;/h10-17,38H,7-9H2,1-6H3;;/q;+1;-1. The summed E-state index contributed by atoms with van der Waals surface area (Å²) in [6.45, 7) is 11.0. The number of carbonyl (C=O) groups excluding carboxylic acids is 1. The Hall–Kier alpha value is -1.88. The van der Waals surface area contributed by atoms with Gasteiger partial charge in [-0.05, 0) is 60.7 Å². The van der Waals surface area contributed by atoms with E-state index in [2.05, 4.69) is 0 Å². The van der Waals surface area contributed by atoms with Crippen molar-refractivity contribution in [3.05, 3.63) is 47.0 Å². The van der Waals surface area contributed by atoms with Crippen LogP contribution in [0.3, 0.4) is 0 Å². The summed E-state index contributed by atoms with van der Waals surface area (Å²) < 4.78 is 100. The van der Waals surface area contributed by atoms with Crippen molar-refractivity contribution in [1.82, 2.24) is 0 Å². The predicted octanol–water partition coefficient (Wildman–Crippen LogP) is 5.52. The number of hydrogen-bond acceptors (Lipinski definition) is 4. The predicted molar refractivity (Wildman–Crippen MR) is 137 cm³/mol. The summed E-state index contributed by atoms with van der Waals surface area (Å²) >= 11 is 0. The van der Waals surface area contributed by atoms with Crippen LogP contribution in [0.15, 0.2) is 30.3 Å². The van der Waals surface area contributed by atoms with E-state index < -0.39 is 43.1 Å². The Kier molecular flexibility index (Phi) is 13.2. The van der Waals surface area contributed by atoms with E-state index in [0.717, 1.165) is 0 Å². The molecule has 0 heterocycles. The smallest absolute Gasteiger partial charge is 1.00 e. The zero-order chi connectivity index (χ0) is 28.8. The maximum Gasteiger partial charge on any atom is 1.00 e. The van der Waals surface area contributed by atoms with Crippen molar-refractivity contribution < 1.29 is 65.6 Å². The van der Waals surface area contributed by atoms with Gasteiger partial charge in [-0.25, -0.2) is 0 Å². The molecule has 0 N–H and O–H groups in total. The van der Waals surface area contributed by atoms with Crippen LogP contribution in [0.1, 0.15) is 83.7 Å². The molecule has 12 heteroatoms. The van der Waals surface area contributed by atoms with E-state index in [9.17, 15) is 31.1 Å². The maximum absolute atomic E-state index is 13.7. The molecule has 4 nitrogen and oxygen atoms in total. The zero-order valence-electron chi connectivity index (χ0n) is 24.1. The van der Waals surface area contributed by atoms with Crippen LogP contribution in [-0.4, -0.2) is 23.8 Å². The summed E-state index contributed by atoms with van der Waals surface area (Å²) in [5.41, 5.74) is -6.04. The fourth-order valence-corrected chi connectivity index (χ4v) is 4.43. The Morgan fingerprint density at radius 1 is 0.795 bits per heavy atom. The Balaban J connectivity index is 0.00000760. The van der Waals surface area contributed by atoms with Crippen molar-refractivity contribution in [3.8, 4) is 17.2 Å². The van der Waals surface area contributed by atoms with Crippen LogP contribution in [0.2, 0.25) is 0 Å². The summed E-state index contributed by atoms with van der Waals surface area (Å²) in [6.07, 6.45) is -9.46. The van der Waals surface area contributed by atoms with E-state index in [4.69, 9.17) is 14.2 Å². The number of rotatable bonds is 12. The van der Waals surface area contributed by atoms with E-state index in [1.54, 1.807) is 13.8 Å². The average molecular weight is 574 g/mol. The molecule has 4 unspecified atom stereocenters. The molecule has 0 aromatic heterocycles. The molecule has 0 saturated heterocycles. The minimum absolute atomic E-state index is 0. The van der Waals surface area contributed by atoms with E-state index in [1.165, 1.54) is 12.1 Å². The van der Waals surface area contributed by atoms with Crippen molar-refractivity contribution >= 4 is 19.4 Å². The fourth-order valence-electron chi connectivity index (χ4n) is 3.30. The van der Waals surface area contributed by atoms with Crippen molar-refractivity contribution in [1.29, 1.82) is 0 Å². The molecule has 214 valence electrons. The van der Waals surface area contributed by atoms with Gasteiger partial charge in [-0.1, -0.05) is 26.8 Å². The van der Waals surface area contributed by atoms with Gasteiger partial charge in [0, 0.05) is 17.7 Å². The van der Waals surface area contributed by atoms with Gasteiger partial charge in [0.25, 0.3) is 0 Å². The second kappa shape index (κ2) is 14.7. The number of carbonyl (C=O) groups is 1. The number of halogens is 6. The Morgan fingerprint density at radius 2 is 1.18 bits per heavy atom. The third-order valence-corrected chi connectivity index (χ3v) is 7.12. The van der Waals surface area contributed by atoms with E-state index >= 15 is 0 Å². The van der Waals surface area contributed by atoms with Gasteiger partial charge in [0.05, 0.1) is 34.7 Å². The van der Waals surface area contributed by atoms with Crippen LogP contribution < -0.4 is 38.4 Å². The number of benzene rings is 2. The molecule has 0 aliphatic rings. The Labute approximate surface area is 240 Å². The normalized spacial score (nSPS) is 14.5. The molecule has 0 radical (unpaired) electrons. The molecule has 0 aliphatic carbocycles. The minimum Gasteiger partial charge on any atom is -1.00 e. The summed E-state index contributed by atoms with van der Waals surface area (Å²) in [5, 5.41) is 0.0807. The molecule has 4 atom stereocenters. The molecular formula is C27H34F6LiO4P. The molecule has 0 amide bonds. The largest absolute Gasteiger partial charge is 1.00 e. The van der Waals surface area contributed by atoms with Crippen LogP contribution in [0.25, 0.3) is 0 Å². The Bertz CT molecular complexity index is 1050. The first-order valence-electron chi connectivity index (χ1n) is 12.4. The first kappa shape index (κ1) is 35.1. The van der Waals surface area contributed by atoms with Crippen LogP contribution in [-0.2, 0) is 12.4 Å². The first-order valence-corrected chi connectivity index (χ1v) is 13.4. The quantitative estimate of drug-likeness (QED) is 0.191. The Morgan fingerprint density at radius 3 is 1.54 bits per heavy atom. The first-order chi connectivity index (χ1) is 17.6. The summed E-state index contributed by atoms with van der Waals surface area (Å²) in [5.74, 6) is 0.579. The molecule has 2 aromatic carbocycles. The van der Waals surface area contributed by atoms with Crippen LogP contribution in [0, 0.1) is 0 Å². The van der Waals surface area contributed by atoms with Crippen molar-refractivity contribution in [2.45, 2.75) is 91.5 Å². The second-order valence-electron chi connectivity index (χ2n) is 8.98. The van der Waals surface area contributed by atoms with Crippen molar-refractivity contribution in [3.63, 3.8) is 0 Å². The van der Waals surface area contributed by atoms with Gasteiger partial charge < -0.3 is 15.6 Å². The molecule has 0 saturated carbocycles. The summed E-state index contributed by atoms with van der Waals surface area (Å²) in [7, 11) is -1.15. The van der Waals surface area contributed by atoms with E-state index in [-0.39, 0.29) is 55.4 Å². The van der Waals surface area contributed by atoms with Gasteiger partial charge >= 0.3 is 31.2 Å². The third kappa shape index (κ3) is 9.62. The SMILES string of the molecule is CCC(C)Oc1cc(OC(C)CC)c(PC(=O)c2c(C(F)(F)F)cccc2C(F)(F)F)c(OC(C)CC)c1.[H-].[Li+]. The van der Waals surface area contributed by atoms with Crippen molar-refractivity contribution in [2.75, 3.05) is 0 Å². The molecule has 39 heavy (non-hydrogen) atoms. The molecule has 0 fully saturated rings. The van der Waals surface area contributed by atoms with Crippen LogP contribution in [0.4, 0.5) is 26.3 Å². The molecule has 0 spiro atoms. The molecule has 0 bridgehead atoms. The maximum atomic E-state index is 13.7. The van der Waals surface area contributed by atoms with E-state index in [0.29, 0.717) is 43.2 Å². The topological polar surface area (TPSA) is 44.8 Å². The van der Waals surface area contributed by atoms with Crippen LogP contribution >= 0.6 is 8.58 Å². The molecule has 0 aliphatic heterocycles. The van der Waals surface area contributed by atoms with Gasteiger partial charge in [-0.3, -0.25) is 4.79 Å². The van der Waals surface area contributed by atoms with Gasteiger partial charge in [-0.15, -0.1) is 0 Å². The summed E-state index contributed by atoms with van der Waals surface area (Å²) in [6, 6.07) is 4.59. The summed E-state index contributed by atoms with van der Waals surface area (Å²) in [4.78, 5) is 13.3. The minimum atomic E-state index is -5.17. The fraction of sp³-hybridized carbons (Fsp3) is 0.519. The number of hydrogen-bond donors (Lipinski definition) is 0.